The van der Waals surface area contributed by atoms with Gasteiger partial charge in [-0.1, -0.05) is 30.3 Å². The van der Waals surface area contributed by atoms with Crippen LogP contribution in [-0.2, 0) is 6.54 Å². The van der Waals surface area contributed by atoms with E-state index in [1.807, 2.05) is 30.3 Å². The zero-order chi connectivity index (χ0) is 14.5. The maximum Gasteiger partial charge on any atom is 0.204 e. The summed E-state index contributed by atoms with van der Waals surface area (Å²) in [6.45, 7) is 0.855. The molecule has 0 N–H and O–H groups in total. The highest BCUT2D eigenvalue weighted by atomic mass is 19.1. The monoisotopic (exact) mass is 284 g/mol. The molecule has 0 radical (unpaired) electrons. The molecule has 106 valence electrons. The summed E-state index contributed by atoms with van der Waals surface area (Å²) >= 11 is 0. The second-order valence-electron chi connectivity index (χ2n) is 4.38. The molecule has 0 atom stereocenters. The van der Waals surface area contributed by atoms with Crippen LogP contribution >= 0.6 is 0 Å². The van der Waals surface area contributed by atoms with Crippen molar-refractivity contribution in [1.29, 1.82) is 0 Å². The Balaban J connectivity index is 1.57. The molecule has 0 fully saturated rings. The highest BCUT2D eigenvalue weighted by Crippen LogP contribution is 2.12. The smallest absolute Gasteiger partial charge is 0.204 e. The lowest BCUT2D eigenvalue weighted by Crippen LogP contribution is -2.11. The second kappa shape index (κ2) is 6.13. The average molecular weight is 284 g/mol. The summed E-state index contributed by atoms with van der Waals surface area (Å²) in [5.74, 6) is 0.907. The quantitative estimate of drug-likeness (QED) is 0.722. The largest absolute Gasteiger partial charge is 0.492 e. The third-order valence-corrected chi connectivity index (χ3v) is 2.86. The molecule has 0 bridgehead atoms. The van der Waals surface area contributed by atoms with Crippen LogP contribution in [0.5, 0.6) is 5.75 Å². The number of benzene rings is 2. The Labute approximate surface area is 121 Å². The van der Waals surface area contributed by atoms with Crippen LogP contribution in [0.25, 0.3) is 11.4 Å². The Bertz CT molecular complexity index is 697. The Kier molecular flexibility index (Phi) is 3.86. The van der Waals surface area contributed by atoms with E-state index in [9.17, 15) is 4.39 Å². The maximum atomic E-state index is 12.7. The fourth-order valence-corrected chi connectivity index (χ4v) is 1.82. The van der Waals surface area contributed by atoms with Gasteiger partial charge in [0.1, 0.15) is 18.2 Å². The molecule has 0 aliphatic heterocycles. The van der Waals surface area contributed by atoms with Crippen molar-refractivity contribution in [2.75, 3.05) is 6.61 Å². The van der Waals surface area contributed by atoms with E-state index in [-0.39, 0.29) is 5.82 Å². The van der Waals surface area contributed by atoms with Gasteiger partial charge in [0.05, 0.1) is 6.54 Å². The molecule has 0 aliphatic rings. The number of hydrogen-bond acceptors (Lipinski definition) is 4. The third-order valence-electron chi connectivity index (χ3n) is 2.86. The van der Waals surface area contributed by atoms with Crippen LogP contribution in [0.1, 0.15) is 0 Å². The summed E-state index contributed by atoms with van der Waals surface area (Å²) in [5, 5.41) is 12.3. The molecule has 0 unspecified atom stereocenters. The van der Waals surface area contributed by atoms with E-state index in [4.69, 9.17) is 4.74 Å². The topological polar surface area (TPSA) is 52.8 Å². The molecular weight excluding hydrogens is 271 g/mol. The highest BCUT2D eigenvalue weighted by molar-refractivity contribution is 5.52. The molecule has 1 heterocycles. The van der Waals surface area contributed by atoms with Crippen molar-refractivity contribution in [1.82, 2.24) is 20.2 Å². The fraction of sp³-hybridized carbons (Fsp3) is 0.133. The summed E-state index contributed by atoms with van der Waals surface area (Å²) < 4.78 is 18.2. The van der Waals surface area contributed by atoms with Gasteiger partial charge in [0.2, 0.25) is 5.82 Å². The summed E-state index contributed by atoms with van der Waals surface area (Å²) in [6.07, 6.45) is 0. The lowest BCUT2D eigenvalue weighted by molar-refractivity contribution is 0.280. The number of ether oxygens (including phenoxy) is 1. The van der Waals surface area contributed by atoms with E-state index < -0.39 is 0 Å². The molecular formula is C15H13FN4O. The first-order valence-electron chi connectivity index (χ1n) is 6.53. The van der Waals surface area contributed by atoms with Crippen LogP contribution < -0.4 is 4.74 Å². The van der Waals surface area contributed by atoms with Gasteiger partial charge >= 0.3 is 0 Å². The predicted molar refractivity (Wildman–Crippen MR) is 75.1 cm³/mol. The number of aromatic nitrogens is 4. The second-order valence-corrected chi connectivity index (χ2v) is 4.38. The number of halogens is 1. The Hall–Kier alpha value is -2.76. The Morgan fingerprint density at radius 1 is 1.00 bits per heavy atom. The van der Waals surface area contributed by atoms with Gasteiger partial charge in [0.25, 0.3) is 0 Å². The van der Waals surface area contributed by atoms with Crippen LogP contribution in [-0.4, -0.2) is 26.8 Å². The van der Waals surface area contributed by atoms with Crippen molar-refractivity contribution in [3.63, 3.8) is 0 Å². The van der Waals surface area contributed by atoms with Crippen molar-refractivity contribution in [2.24, 2.45) is 0 Å². The first-order chi connectivity index (χ1) is 10.3. The van der Waals surface area contributed by atoms with Crippen molar-refractivity contribution in [3.8, 4) is 17.1 Å². The molecule has 6 heteroatoms. The lowest BCUT2D eigenvalue weighted by atomic mass is 10.2. The number of hydrogen-bond donors (Lipinski definition) is 0. The first kappa shape index (κ1) is 13.2. The van der Waals surface area contributed by atoms with Crippen LogP contribution in [0.3, 0.4) is 0 Å². The van der Waals surface area contributed by atoms with Crippen LogP contribution in [0, 0.1) is 5.82 Å². The van der Waals surface area contributed by atoms with E-state index in [0.29, 0.717) is 24.7 Å². The van der Waals surface area contributed by atoms with E-state index in [1.165, 1.54) is 16.9 Å². The maximum absolute atomic E-state index is 12.7. The molecule has 5 nitrogen and oxygen atoms in total. The molecule has 21 heavy (non-hydrogen) atoms. The molecule has 1 aromatic heterocycles. The van der Waals surface area contributed by atoms with E-state index in [2.05, 4.69) is 15.4 Å². The Morgan fingerprint density at radius 3 is 2.52 bits per heavy atom. The molecule has 0 spiro atoms. The van der Waals surface area contributed by atoms with Crippen LogP contribution in [0.4, 0.5) is 4.39 Å². The molecule has 0 saturated carbocycles. The standard InChI is InChI=1S/C15H13FN4O/c16-13-6-8-14(9-7-13)21-11-10-20-18-15(17-19-20)12-4-2-1-3-5-12/h1-9H,10-11H2. The summed E-state index contributed by atoms with van der Waals surface area (Å²) in [7, 11) is 0. The predicted octanol–water partition coefficient (Wildman–Crippen LogP) is 2.56. The summed E-state index contributed by atoms with van der Waals surface area (Å²) in [4.78, 5) is 1.48. The zero-order valence-electron chi connectivity index (χ0n) is 11.2. The summed E-state index contributed by atoms with van der Waals surface area (Å²) in [6, 6.07) is 15.5. The lowest BCUT2D eigenvalue weighted by Gasteiger charge is -2.04. The van der Waals surface area contributed by atoms with Crippen LogP contribution in [0.2, 0.25) is 0 Å². The van der Waals surface area contributed by atoms with E-state index >= 15 is 0 Å². The third kappa shape index (κ3) is 3.42. The molecule has 3 aromatic rings. The molecule has 0 amide bonds. The van der Waals surface area contributed by atoms with Crippen molar-refractivity contribution in [2.45, 2.75) is 6.54 Å². The van der Waals surface area contributed by atoms with Crippen molar-refractivity contribution >= 4 is 0 Å². The van der Waals surface area contributed by atoms with Gasteiger partial charge < -0.3 is 4.74 Å². The number of nitrogens with zero attached hydrogens (tertiary/aromatic N) is 4. The van der Waals surface area contributed by atoms with Gasteiger partial charge in [-0.05, 0) is 29.5 Å². The SMILES string of the molecule is Fc1ccc(OCCn2nnc(-c3ccccc3)n2)cc1. The Morgan fingerprint density at radius 2 is 1.76 bits per heavy atom. The molecule has 0 aliphatic carbocycles. The summed E-state index contributed by atoms with van der Waals surface area (Å²) in [5.41, 5.74) is 0.920. The molecule has 2 aromatic carbocycles. The normalized spacial score (nSPS) is 10.5. The highest BCUT2D eigenvalue weighted by Gasteiger charge is 2.05. The van der Waals surface area contributed by atoms with E-state index in [0.717, 1.165) is 5.56 Å². The van der Waals surface area contributed by atoms with Gasteiger partial charge in [-0.3, -0.25) is 0 Å². The van der Waals surface area contributed by atoms with Gasteiger partial charge in [0, 0.05) is 5.56 Å². The number of tetrazole rings is 1. The number of rotatable bonds is 5. The van der Waals surface area contributed by atoms with E-state index in [1.54, 1.807) is 12.1 Å². The molecule has 0 saturated heterocycles. The van der Waals surface area contributed by atoms with Crippen molar-refractivity contribution < 1.29 is 9.13 Å². The fourth-order valence-electron chi connectivity index (χ4n) is 1.82. The van der Waals surface area contributed by atoms with Gasteiger partial charge in [-0.2, -0.15) is 4.80 Å². The van der Waals surface area contributed by atoms with Crippen molar-refractivity contribution in [3.05, 3.63) is 60.4 Å². The first-order valence-corrected chi connectivity index (χ1v) is 6.53. The minimum Gasteiger partial charge on any atom is -0.492 e. The minimum absolute atomic E-state index is 0.284. The minimum atomic E-state index is -0.284. The van der Waals surface area contributed by atoms with Gasteiger partial charge in [-0.25, -0.2) is 4.39 Å². The van der Waals surface area contributed by atoms with Crippen LogP contribution in [0.15, 0.2) is 54.6 Å². The average Bonchev–Trinajstić information content (AvgIpc) is 2.99. The van der Waals surface area contributed by atoms with Gasteiger partial charge in [-0.15, -0.1) is 10.2 Å². The zero-order valence-corrected chi connectivity index (χ0v) is 11.2. The van der Waals surface area contributed by atoms with Gasteiger partial charge in [0.15, 0.2) is 0 Å². The molecule has 3 rings (SSSR count).